The summed E-state index contributed by atoms with van der Waals surface area (Å²) in [4.78, 5) is 38.6. The first-order chi connectivity index (χ1) is 14.5. The molecule has 2 aliphatic rings. The topological polar surface area (TPSA) is 95.5 Å². The van der Waals surface area contributed by atoms with Crippen LogP contribution >= 0.6 is 11.3 Å². The van der Waals surface area contributed by atoms with Gasteiger partial charge in [-0.05, 0) is 43.2 Å². The van der Waals surface area contributed by atoms with Gasteiger partial charge in [0.2, 0.25) is 5.91 Å². The van der Waals surface area contributed by atoms with Crippen LogP contribution in [0, 0.1) is 11.8 Å². The number of aryl methyl sites for hydroxylation is 1. The van der Waals surface area contributed by atoms with E-state index in [1.165, 1.54) is 11.3 Å². The second kappa shape index (κ2) is 8.83. The zero-order valence-electron chi connectivity index (χ0n) is 16.5. The number of hydrogen-bond acceptors (Lipinski definition) is 4. The molecule has 1 aromatic heterocycles. The Balaban J connectivity index is 1.54. The standard InChI is InChI=1S/C23H24N2O4S/c26-20(15-9-4-5-10-16(15)23(28)29)25-22-19(17-11-6-12-18(17)30-22)21(27)24-13-14-7-2-1-3-8-14/h1-5,7-8,15-16H,6,9-13H2,(H,24,27)(H,25,26)(H,28,29)/t15-,16-/m1/s1. The third-order valence-corrected chi connectivity index (χ3v) is 6.97. The van der Waals surface area contributed by atoms with Gasteiger partial charge >= 0.3 is 5.97 Å². The molecule has 0 saturated heterocycles. The number of carbonyl (C=O) groups excluding carboxylic acids is 2. The number of nitrogens with one attached hydrogen (secondary N) is 2. The molecule has 0 spiro atoms. The Labute approximate surface area is 179 Å². The lowest BCUT2D eigenvalue weighted by Gasteiger charge is -2.24. The third kappa shape index (κ3) is 4.16. The van der Waals surface area contributed by atoms with Crippen molar-refractivity contribution in [2.45, 2.75) is 38.6 Å². The number of carboxylic acids is 1. The Morgan fingerprint density at radius 3 is 2.50 bits per heavy atom. The van der Waals surface area contributed by atoms with Crippen molar-refractivity contribution in [1.29, 1.82) is 0 Å². The smallest absolute Gasteiger partial charge is 0.307 e. The van der Waals surface area contributed by atoms with Crippen LogP contribution in [-0.2, 0) is 29.0 Å². The highest BCUT2D eigenvalue weighted by Crippen LogP contribution is 2.40. The average Bonchev–Trinajstić information content (AvgIpc) is 3.33. The van der Waals surface area contributed by atoms with E-state index in [1.807, 2.05) is 42.5 Å². The van der Waals surface area contributed by atoms with Gasteiger partial charge in [0.25, 0.3) is 5.91 Å². The zero-order chi connectivity index (χ0) is 21.1. The van der Waals surface area contributed by atoms with Crippen LogP contribution in [0.3, 0.4) is 0 Å². The van der Waals surface area contributed by atoms with Crippen LogP contribution in [0.15, 0.2) is 42.5 Å². The van der Waals surface area contributed by atoms with Crippen molar-refractivity contribution in [3.63, 3.8) is 0 Å². The quantitative estimate of drug-likeness (QED) is 0.615. The predicted octanol–water partition coefficient (Wildman–Crippen LogP) is 3.77. The molecule has 0 bridgehead atoms. The van der Waals surface area contributed by atoms with E-state index in [0.29, 0.717) is 30.0 Å². The van der Waals surface area contributed by atoms with E-state index in [1.54, 1.807) is 0 Å². The normalized spacial score (nSPS) is 19.9. The fourth-order valence-corrected chi connectivity index (χ4v) is 5.47. The molecule has 4 rings (SSSR count). The number of thiophene rings is 1. The monoisotopic (exact) mass is 424 g/mol. The maximum absolute atomic E-state index is 13.0. The molecule has 2 atom stereocenters. The maximum Gasteiger partial charge on any atom is 0.307 e. The van der Waals surface area contributed by atoms with Crippen LogP contribution in [0.2, 0.25) is 0 Å². The zero-order valence-corrected chi connectivity index (χ0v) is 17.3. The third-order valence-electron chi connectivity index (χ3n) is 5.77. The highest BCUT2D eigenvalue weighted by atomic mass is 32.1. The molecule has 30 heavy (non-hydrogen) atoms. The molecule has 2 aromatic rings. The number of carboxylic acid groups (broad SMARTS) is 1. The average molecular weight is 425 g/mol. The fraction of sp³-hybridized carbons (Fsp3) is 0.348. The van der Waals surface area contributed by atoms with Gasteiger partial charge in [-0.2, -0.15) is 0 Å². The van der Waals surface area contributed by atoms with Crippen LogP contribution < -0.4 is 10.6 Å². The van der Waals surface area contributed by atoms with Crippen molar-refractivity contribution in [1.82, 2.24) is 5.32 Å². The summed E-state index contributed by atoms with van der Waals surface area (Å²) in [5, 5.41) is 15.9. The maximum atomic E-state index is 13.0. The molecule has 0 unspecified atom stereocenters. The van der Waals surface area contributed by atoms with Gasteiger partial charge in [-0.25, -0.2) is 0 Å². The number of aliphatic carboxylic acids is 1. The van der Waals surface area contributed by atoms with E-state index in [2.05, 4.69) is 10.6 Å². The summed E-state index contributed by atoms with van der Waals surface area (Å²) in [5.41, 5.74) is 2.55. The van der Waals surface area contributed by atoms with Crippen molar-refractivity contribution < 1.29 is 19.5 Å². The SMILES string of the molecule is O=C(NCc1ccccc1)c1c(NC(=O)[C@@H]2CC=CC[C@H]2C(=O)O)sc2c1CCC2. The second-order valence-electron chi connectivity index (χ2n) is 7.71. The largest absolute Gasteiger partial charge is 0.481 e. The number of benzene rings is 1. The van der Waals surface area contributed by atoms with Gasteiger partial charge in [-0.1, -0.05) is 42.5 Å². The van der Waals surface area contributed by atoms with Crippen LogP contribution in [0.5, 0.6) is 0 Å². The molecule has 6 nitrogen and oxygen atoms in total. The second-order valence-corrected chi connectivity index (χ2v) is 8.82. The summed E-state index contributed by atoms with van der Waals surface area (Å²) in [6.07, 6.45) is 7.12. The first-order valence-corrected chi connectivity index (χ1v) is 11.0. The highest BCUT2D eigenvalue weighted by Gasteiger charge is 2.35. The minimum absolute atomic E-state index is 0.202. The summed E-state index contributed by atoms with van der Waals surface area (Å²) >= 11 is 1.44. The minimum atomic E-state index is -0.964. The molecule has 3 N–H and O–H groups in total. The van der Waals surface area contributed by atoms with Crippen LogP contribution in [0.1, 0.15) is 45.6 Å². The first-order valence-electron chi connectivity index (χ1n) is 10.2. The number of fused-ring (bicyclic) bond motifs is 1. The molecule has 7 heteroatoms. The number of amides is 2. The van der Waals surface area contributed by atoms with Gasteiger partial charge in [-0.3, -0.25) is 14.4 Å². The summed E-state index contributed by atoms with van der Waals surface area (Å²) < 4.78 is 0. The minimum Gasteiger partial charge on any atom is -0.481 e. The molecular weight excluding hydrogens is 400 g/mol. The summed E-state index contributed by atoms with van der Waals surface area (Å²) in [7, 11) is 0. The number of rotatable bonds is 6. The van der Waals surface area contributed by atoms with Gasteiger partial charge in [0.1, 0.15) is 5.00 Å². The predicted molar refractivity (Wildman–Crippen MR) is 116 cm³/mol. The van der Waals surface area contributed by atoms with E-state index < -0.39 is 17.8 Å². The summed E-state index contributed by atoms with van der Waals surface area (Å²) in [6.45, 7) is 0.409. The Morgan fingerprint density at radius 1 is 1.03 bits per heavy atom. The van der Waals surface area contributed by atoms with Crippen molar-refractivity contribution >= 4 is 34.1 Å². The Bertz CT molecular complexity index is 996. The lowest BCUT2D eigenvalue weighted by Crippen LogP contribution is -2.35. The van der Waals surface area contributed by atoms with Gasteiger partial charge in [0, 0.05) is 11.4 Å². The van der Waals surface area contributed by atoms with Crippen LogP contribution in [0.4, 0.5) is 5.00 Å². The molecule has 0 aliphatic heterocycles. The van der Waals surface area contributed by atoms with E-state index in [0.717, 1.165) is 35.3 Å². The summed E-state index contributed by atoms with van der Waals surface area (Å²) in [6, 6.07) is 9.67. The van der Waals surface area contributed by atoms with Crippen LogP contribution in [-0.4, -0.2) is 22.9 Å². The molecule has 1 heterocycles. The molecule has 0 fully saturated rings. The van der Waals surface area contributed by atoms with Crippen molar-refractivity contribution in [3.8, 4) is 0 Å². The highest BCUT2D eigenvalue weighted by molar-refractivity contribution is 7.17. The molecular formula is C23H24N2O4S. The van der Waals surface area contributed by atoms with Gasteiger partial charge in [-0.15, -0.1) is 11.3 Å². The van der Waals surface area contributed by atoms with Crippen molar-refractivity contribution in [2.75, 3.05) is 5.32 Å². The Morgan fingerprint density at radius 2 is 1.77 bits per heavy atom. The first kappa shape index (κ1) is 20.3. The van der Waals surface area contributed by atoms with E-state index in [4.69, 9.17) is 0 Å². The van der Waals surface area contributed by atoms with E-state index >= 15 is 0 Å². The lowest BCUT2D eigenvalue weighted by molar-refractivity contribution is -0.146. The lowest BCUT2D eigenvalue weighted by atomic mass is 9.82. The number of hydrogen-bond donors (Lipinski definition) is 3. The van der Waals surface area contributed by atoms with E-state index in [9.17, 15) is 19.5 Å². The molecule has 2 amide bonds. The van der Waals surface area contributed by atoms with Crippen molar-refractivity contribution in [3.05, 3.63) is 64.1 Å². The van der Waals surface area contributed by atoms with Crippen molar-refractivity contribution in [2.24, 2.45) is 11.8 Å². The molecule has 0 radical (unpaired) electrons. The summed E-state index contributed by atoms with van der Waals surface area (Å²) in [5.74, 6) is -2.87. The molecule has 0 saturated carbocycles. The van der Waals surface area contributed by atoms with Gasteiger partial charge in [0.05, 0.1) is 17.4 Å². The molecule has 2 aliphatic carbocycles. The van der Waals surface area contributed by atoms with Gasteiger partial charge in [0.15, 0.2) is 0 Å². The number of carbonyl (C=O) groups is 3. The Kier molecular flexibility index (Phi) is 5.99. The Hall–Kier alpha value is -2.93. The fourth-order valence-electron chi connectivity index (χ4n) is 4.18. The molecule has 1 aromatic carbocycles. The van der Waals surface area contributed by atoms with E-state index in [-0.39, 0.29) is 11.8 Å². The van der Waals surface area contributed by atoms with Crippen LogP contribution in [0.25, 0.3) is 0 Å². The molecule has 156 valence electrons. The number of anilines is 1. The van der Waals surface area contributed by atoms with Gasteiger partial charge < -0.3 is 15.7 Å². The number of allylic oxidation sites excluding steroid dienone is 2.